The molecule has 0 bridgehead atoms. The number of benzene rings is 1. The molecule has 8 heteroatoms. The number of carbonyl (C=O) groups is 1. The van der Waals surface area contributed by atoms with Crippen molar-refractivity contribution in [2.24, 2.45) is 0 Å². The summed E-state index contributed by atoms with van der Waals surface area (Å²) in [5.74, 6) is 2.30. The molecule has 1 aromatic carbocycles. The highest BCUT2D eigenvalue weighted by Crippen LogP contribution is 2.17. The summed E-state index contributed by atoms with van der Waals surface area (Å²) in [4.78, 5) is 17.8. The lowest BCUT2D eigenvalue weighted by molar-refractivity contribution is -0.122. The maximum absolute atomic E-state index is 11.7. The van der Waals surface area contributed by atoms with Crippen LogP contribution in [0.4, 0.5) is 0 Å². The molecule has 8 nitrogen and oxygen atoms in total. The Morgan fingerprint density at radius 2 is 1.96 bits per heavy atom. The van der Waals surface area contributed by atoms with Gasteiger partial charge in [-0.05, 0) is 45.2 Å². The van der Waals surface area contributed by atoms with E-state index in [-0.39, 0.29) is 25.1 Å². The van der Waals surface area contributed by atoms with Crippen molar-refractivity contribution in [1.29, 1.82) is 0 Å². The first-order valence-electron chi connectivity index (χ1n) is 8.02. The minimum Gasteiger partial charge on any atom is -0.497 e. The van der Waals surface area contributed by atoms with Crippen LogP contribution in [0.25, 0.3) is 0 Å². The van der Waals surface area contributed by atoms with Gasteiger partial charge in [0, 0.05) is 6.04 Å². The Labute approximate surface area is 147 Å². The molecule has 25 heavy (non-hydrogen) atoms. The first-order valence-corrected chi connectivity index (χ1v) is 8.02. The molecule has 0 unspecified atom stereocenters. The Balaban J connectivity index is 1.79. The lowest BCUT2D eigenvalue weighted by atomic mass is 10.3. The lowest BCUT2D eigenvalue weighted by Crippen LogP contribution is -2.38. The maximum Gasteiger partial charge on any atom is 0.240 e. The summed E-state index contributed by atoms with van der Waals surface area (Å²) < 4.78 is 15.9. The summed E-state index contributed by atoms with van der Waals surface area (Å²) in [7, 11) is 3.43. The number of methoxy groups -OCH3 is 1. The maximum atomic E-state index is 11.7. The quantitative estimate of drug-likeness (QED) is 0.736. The molecule has 1 amide bonds. The normalized spacial score (nSPS) is 11.0. The number of carbonyl (C=O) groups excluding carboxylic acids is 1. The molecule has 0 spiro atoms. The van der Waals surface area contributed by atoms with Gasteiger partial charge in [-0.1, -0.05) is 5.16 Å². The Kier molecular flexibility index (Phi) is 6.76. The third-order valence-electron chi connectivity index (χ3n) is 3.21. The molecule has 136 valence electrons. The van der Waals surface area contributed by atoms with Crippen LogP contribution in [0, 0.1) is 0 Å². The molecule has 2 aromatic rings. The topological polar surface area (TPSA) is 89.7 Å². The average Bonchev–Trinajstić information content (AvgIpc) is 2.99. The van der Waals surface area contributed by atoms with E-state index in [0.717, 1.165) is 5.75 Å². The van der Waals surface area contributed by atoms with Gasteiger partial charge in [0.25, 0.3) is 0 Å². The predicted molar refractivity (Wildman–Crippen MR) is 91.2 cm³/mol. The molecule has 0 aliphatic rings. The van der Waals surface area contributed by atoms with E-state index in [4.69, 9.17) is 14.0 Å². The fourth-order valence-electron chi connectivity index (χ4n) is 2.13. The molecule has 0 aliphatic heterocycles. The molecule has 2 rings (SSSR count). The van der Waals surface area contributed by atoms with Gasteiger partial charge in [0.15, 0.2) is 6.61 Å². The monoisotopic (exact) mass is 348 g/mol. The van der Waals surface area contributed by atoms with Gasteiger partial charge in [-0.15, -0.1) is 0 Å². The molecule has 0 saturated heterocycles. The van der Waals surface area contributed by atoms with Crippen molar-refractivity contribution in [3.05, 3.63) is 36.0 Å². The Morgan fingerprint density at radius 1 is 1.28 bits per heavy atom. The molecular formula is C17H24N4O4. The third kappa shape index (κ3) is 6.42. The van der Waals surface area contributed by atoms with Crippen molar-refractivity contribution >= 4 is 5.91 Å². The zero-order valence-corrected chi connectivity index (χ0v) is 15.0. The van der Waals surface area contributed by atoms with Crippen LogP contribution >= 0.6 is 0 Å². The Hall–Kier alpha value is -2.61. The van der Waals surface area contributed by atoms with Crippen LogP contribution in [0.3, 0.4) is 0 Å². The summed E-state index contributed by atoms with van der Waals surface area (Å²) in [5, 5.41) is 6.72. The Morgan fingerprint density at radius 3 is 2.60 bits per heavy atom. The van der Waals surface area contributed by atoms with Gasteiger partial charge in [0.05, 0.1) is 20.2 Å². The summed E-state index contributed by atoms with van der Waals surface area (Å²) in [6, 6.07) is 7.36. The highest BCUT2D eigenvalue weighted by Gasteiger charge is 2.13. The smallest absolute Gasteiger partial charge is 0.240 e. The zero-order valence-electron chi connectivity index (χ0n) is 15.0. The standard InChI is InChI=1S/C17H24N4O4/c1-12(2)18-16(22)9-21(3)10-17-19-15(20-25-17)11-24-14-7-5-13(23-4)6-8-14/h5-8,12H,9-11H2,1-4H3,(H,18,22). The van der Waals surface area contributed by atoms with Gasteiger partial charge in [0.2, 0.25) is 17.6 Å². The van der Waals surface area contributed by atoms with Crippen LogP contribution in [-0.2, 0) is 17.9 Å². The second-order valence-corrected chi connectivity index (χ2v) is 5.96. The summed E-state index contributed by atoms with van der Waals surface area (Å²) >= 11 is 0. The summed E-state index contributed by atoms with van der Waals surface area (Å²) in [6.07, 6.45) is 0. The predicted octanol–water partition coefficient (Wildman–Crippen LogP) is 1.61. The van der Waals surface area contributed by atoms with E-state index in [9.17, 15) is 4.79 Å². The largest absolute Gasteiger partial charge is 0.497 e. The number of likely N-dealkylation sites (N-methyl/N-ethyl adjacent to an activating group) is 1. The van der Waals surface area contributed by atoms with Crippen LogP contribution < -0.4 is 14.8 Å². The number of hydrogen-bond donors (Lipinski definition) is 1. The minimum absolute atomic E-state index is 0.0416. The van der Waals surface area contributed by atoms with Gasteiger partial charge in [0.1, 0.15) is 11.5 Å². The molecular weight excluding hydrogens is 324 g/mol. The van der Waals surface area contributed by atoms with Crippen molar-refractivity contribution in [2.75, 3.05) is 20.7 Å². The highest BCUT2D eigenvalue weighted by molar-refractivity contribution is 5.78. The third-order valence-corrected chi connectivity index (χ3v) is 3.21. The van der Waals surface area contributed by atoms with Crippen LogP contribution in [0.15, 0.2) is 28.8 Å². The first kappa shape index (κ1) is 18.7. The van der Waals surface area contributed by atoms with Gasteiger partial charge >= 0.3 is 0 Å². The molecule has 1 heterocycles. The second-order valence-electron chi connectivity index (χ2n) is 5.96. The van der Waals surface area contributed by atoms with E-state index in [1.165, 1.54) is 0 Å². The lowest BCUT2D eigenvalue weighted by Gasteiger charge is -2.15. The van der Waals surface area contributed by atoms with Crippen molar-refractivity contribution in [3.63, 3.8) is 0 Å². The van der Waals surface area contributed by atoms with E-state index in [0.29, 0.717) is 24.0 Å². The van der Waals surface area contributed by atoms with E-state index in [2.05, 4.69) is 15.5 Å². The second kappa shape index (κ2) is 9.03. The molecule has 0 saturated carbocycles. The van der Waals surface area contributed by atoms with Crippen LogP contribution in [-0.4, -0.2) is 47.7 Å². The van der Waals surface area contributed by atoms with Gasteiger partial charge < -0.3 is 19.3 Å². The Bertz CT molecular complexity index is 670. The van der Waals surface area contributed by atoms with Crippen LogP contribution in [0.2, 0.25) is 0 Å². The fraction of sp³-hybridized carbons (Fsp3) is 0.471. The number of ether oxygens (including phenoxy) is 2. The number of aromatic nitrogens is 2. The first-order chi connectivity index (χ1) is 12.0. The van der Waals surface area contributed by atoms with Gasteiger partial charge in [-0.25, -0.2) is 0 Å². The zero-order chi connectivity index (χ0) is 18.2. The van der Waals surface area contributed by atoms with E-state index < -0.39 is 0 Å². The van der Waals surface area contributed by atoms with Gasteiger partial charge in [-0.2, -0.15) is 4.98 Å². The van der Waals surface area contributed by atoms with E-state index >= 15 is 0 Å². The van der Waals surface area contributed by atoms with Crippen LogP contribution in [0.5, 0.6) is 11.5 Å². The SMILES string of the molecule is COc1ccc(OCc2noc(CN(C)CC(=O)NC(C)C)n2)cc1. The van der Waals surface area contributed by atoms with Crippen molar-refractivity contribution in [1.82, 2.24) is 20.4 Å². The molecule has 0 atom stereocenters. The number of nitrogens with one attached hydrogen (secondary N) is 1. The van der Waals surface area contributed by atoms with E-state index in [1.807, 2.05) is 33.0 Å². The minimum atomic E-state index is -0.0416. The number of nitrogens with zero attached hydrogens (tertiary/aromatic N) is 3. The number of hydrogen-bond acceptors (Lipinski definition) is 7. The molecule has 1 N–H and O–H groups in total. The van der Waals surface area contributed by atoms with E-state index in [1.54, 1.807) is 24.1 Å². The number of rotatable bonds is 9. The van der Waals surface area contributed by atoms with Crippen molar-refractivity contribution in [3.8, 4) is 11.5 Å². The molecule has 0 fully saturated rings. The van der Waals surface area contributed by atoms with Crippen molar-refractivity contribution in [2.45, 2.75) is 33.0 Å². The average molecular weight is 348 g/mol. The fourth-order valence-corrected chi connectivity index (χ4v) is 2.13. The van der Waals surface area contributed by atoms with Crippen molar-refractivity contribution < 1.29 is 18.8 Å². The molecule has 1 aromatic heterocycles. The number of amides is 1. The molecule has 0 radical (unpaired) electrons. The molecule has 0 aliphatic carbocycles. The van der Waals surface area contributed by atoms with Crippen LogP contribution in [0.1, 0.15) is 25.6 Å². The van der Waals surface area contributed by atoms with Gasteiger partial charge in [-0.3, -0.25) is 9.69 Å². The summed E-state index contributed by atoms with van der Waals surface area (Å²) in [6.45, 7) is 4.70. The summed E-state index contributed by atoms with van der Waals surface area (Å²) in [5.41, 5.74) is 0. The highest BCUT2D eigenvalue weighted by atomic mass is 16.5.